The van der Waals surface area contributed by atoms with Crippen LogP contribution in [0, 0.1) is 0 Å². The van der Waals surface area contributed by atoms with Crippen LogP contribution >= 0.6 is 0 Å². The Kier molecular flexibility index (Phi) is 5.20. The molecule has 28 heavy (non-hydrogen) atoms. The number of carbonyl (C=O) groups is 1. The molecule has 4 aromatic rings. The minimum atomic E-state index is -0.0307. The van der Waals surface area contributed by atoms with Gasteiger partial charge in [-0.3, -0.25) is 4.79 Å². The van der Waals surface area contributed by atoms with Gasteiger partial charge in [-0.1, -0.05) is 61.5 Å². The van der Waals surface area contributed by atoms with Gasteiger partial charge >= 0.3 is 0 Å². The number of aromatic nitrogens is 2. The number of benzene rings is 3. The molecule has 1 aromatic heterocycles. The predicted octanol–water partition coefficient (Wildman–Crippen LogP) is 4.18. The molecule has 1 amide bonds. The van der Waals surface area contributed by atoms with E-state index in [1.165, 1.54) is 11.1 Å². The number of anilines is 1. The van der Waals surface area contributed by atoms with Gasteiger partial charge in [-0.2, -0.15) is 0 Å². The zero-order valence-electron chi connectivity index (χ0n) is 16.0. The molecule has 0 aliphatic heterocycles. The third-order valence-corrected chi connectivity index (χ3v) is 4.93. The van der Waals surface area contributed by atoms with Gasteiger partial charge in [0, 0.05) is 5.69 Å². The maximum Gasteiger partial charge on any atom is 0.266 e. The monoisotopic (exact) mass is 370 g/mol. The summed E-state index contributed by atoms with van der Waals surface area (Å²) in [5.74, 6) is -0.0307. The van der Waals surface area contributed by atoms with Crippen molar-refractivity contribution in [1.29, 1.82) is 0 Å². The molecule has 0 unspecified atom stereocenters. The van der Waals surface area contributed by atoms with Gasteiger partial charge in [0.25, 0.3) is 5.91 Å². The molecule has 0 saturated heterocycles. The van der Waals surface area contributed by atoms with E-state index in [2.05, 4.69) is 53.2 Å². The Labute approximate surface area is 165 Å². The van der Waals surface area contributed by atoms with Gasteiger partial charge in [0.2, 0.25) is 6.33 Å². The molecule has 0 atom stereocenters. The molecule has 140 valence electrons. The van der Waals surface area contributed by atoms with Crippen LogP contribution in [0.25, 0.3) is 11.0 Å². The summed E-state index contributed by atoms with van der Waals surface area (Å²) in [6.07, 6.45) is 3.02. The average Bonchev–Trinajstić information content (AvgIpc) is 3.06. The first-order chi connectivity index (χ1) is 13.7. The predicted molar refractivity (Wildman–Crippen MR) is 112 cm³/mol. The molecule has 4 heteroatoms. The molecule has 0 bridgehead atoms. The van der Waals surface area contributed by atoms with Gasteiger partial charge in [0.05, 0.1) is 0 Å². The van der Waals surface area contributed by atoms with E-state index in [0.29, 0.717) is 0 Å². The van der Waals surface area contributed by atoms with Crippen molar-refractivity contribution >= 4 is 22.6 Å². The Balaban J connectivity index is 1.55. The largest absolute Gasteiger partial charge is 0.323 e. The number of rotatable bonds is 6. The molecule has 0 saturated carbocycles. The van der Waals surface area contributed by atoms with E-state index in [4.69, 9.17) is 0 Å². The first kappa shape index (κ1) is 18.0. The number of carbonyl (C=O) groups excluding carboxylic acids is 1. The van der Waals surface area contributed by atoms with E-state index in [1.54, 1.807) is 0 Å². The summed E-state index contributed by atoms with van der Waals surface area (Å²) < 4.78 is 4.20. The summed E-state index contributed by atoms with van der Waals surface area (Å²) in [7, 11) is 0. The summed E-state index contributed by atoms with van der Waals surface area (Å²) in [5, 5.41) is 3.00. The minimum absolute atomic E-state index is 0.0307. The fraction of sp³-hybridized carbons (Fsp3) is 0.167. The first-order valence-corrected chi connectivity index (χ1v) is 9.63. The maximum atomic E-state index is 12.6. The zero-order valence-corrected chi connectivity index (χ0v) is 16.0. The highest BCUT2D eigenvalue weighted by Gasteiger charge is 2.18. The van der Waals surface area contributed by atoms with E-state index >= 15 is 0 Å². The van der Waals surface area contributed by atoms with Crippen LogP contribution in [0.1, 0.15) is 18.1 Å². The molecule has 0 spiro atoms. The maximum absolute atomic E-state index is 12.6. The second-order valence-corrected chi connectivity index (χ2v) is 6.94. The van der Waals surface area contributed by atoms with Crippen molar-refractivity contribution in [1.82, 2.24) is 4.57 Å². The molecular formula is C24H24N3O+. The molecule has 4 nitrogen and oxygen atoms in total. The van der Waals surface area contributed by atoms with Gasteiger partial charge in [0.1, 0.15) is 6.54 Å². The van der Waals surface area contributed by atoms with Crippen LogP contribution in [0.3, 0.4) is 0 Å². The highest BCUT2D eigenvalue weighted by atomic mass is 16.1. The van der Waals surface area contributed by atoms with Crippen molar-refractivity contribution < 1.29 is 9.36 Å². The summed E-state index contributed by atoms with van der Waals surface area (Å²) in [4.78, 5) is 12.6. The minimum Gasteiger partial charge on any atom is -0.323 e. The smallest absolute Gasteiger partial charge is 0.266 e. The fourth-order valence-corrected chi connectivity index (χ4v) is 3.45. The van der Waals surface area contributed by atoms with Crippen molar-refractivity contribution in [3.8, 4) is 0 Å². The van der Waals surface area contributed by atoms with Gasteiger partial charge in [-0.05, 0) is 41.8 Å². The number of fused-ring (bicyclic) bond motifs is 1. The van der Waals surface area contributed by atoms with Crippen molar-refractivity contribution in [2.75, 3.05) is 5.32 Å². The molecule has 0 aliphatic rings. The second-order valence-electron chi connectivity index (χ2n) is 6.94. The lowest BCUT2D eigenvalue weighted by Crippen LogP contribution is -2.33. The van der Waals surface area contributed by atoms with E-state index in [9.17, 15) is 4.79 Å². The summed E-state index contributed by atoms with van der Waals surface area (Å²) >= 11 is 0. The lowest BCUT2D eigenvalue weighted by Gasteiger charge is -2.05. The number of nitrogens with zero attached hydrogens (tertiary/aromatic N) is 2. The van der Waals surface area contributed by atoms with Crippen molar-refractivity contribution in [3.05, 3.63) is 96.3 Å². The Bertz CT molecular complexity index is 1080. The quantitative estimate of drug-likeness (QED) is 0.508. The highest BCUT2D eigenvalue weighted by Crippen LogP contribution is 2.13. The SMILES string of the molecule is CCc1ccc(NC(=O)Cn2c[n+](Cc3ccccc3)c3ccccc32)cc1. The molecule has 3 aromatic carbocycles. The zero-order chi connectivity index (χ0) is 19.3. The van der Waals surface area contributed by atoms with Gasteiger partial charge in [0.15, 0.2) is 17.6 Å². The van der Waals surface area contributed by atoms with Crippen LogP contribution in [-0.2, 0) is 24.3 Å². The number of imidazole rings is 1. The van der Waals surface area contributed by atoms with E-state index in [0.717, 1.165) is 29.7 Å². The van der Waals surface area contributed by atoms with Crippen LogP contribution in [0.5, 0.6) is 0 Å². The number of nitrogens with one attached hydrogen (secondary N) is 1. The molecule has 0 fully saturated rings. The number of amides is 1. The summed E-state index contributed by atoms with van der Waals surface area (Å²) in [6, 6.07) is 26.6. The van der Waals surface area contributed by atoms with Crippen LogP contribution < -0.4 is 9.88 Å². The summed E-state index contributed by atoms with van der Waals surface area (Å²) in [5.41, 5.74) is 5.49. The first-order valence-electron chi connectivity index (χ1n) is 9.63. The summed E-state index contributed by atoms with van der Waals surface area (Å²) in [6.45, 7) is 3.17. The van der Waals surface area contributed by atoms with Crippen LogP contribution in [-0.4, -0.2) is 10.5 Å². The van der Waals surface area contributed by atoms with Crippen molar-refractivity contribution in [3.63, 3.8) is 0 Å². The van der Waals surface area contributed by atoms with E-state index < -0.39 is 0 Å². The van der Waals surface area contributed by atoms with E-state index in [-0.39, 0.29) is 12.5 Å². The lowest BCUT2D eigenvalue weighted by atomic mass is 10.1. The van der Waals surface area contributed by atoms with Gasteiger partial charge in [-0.25, -0.2) is 9.13 Å². The van der Waals surface area contributed by atoms with Crippen molar-refractivity contribution in [2.24, 2.45) is 0 Å². The van der Waals surface area contributed by atoms with Crippen LogP contribution in [0.4, 0.5) is 5.69 Å². The molecule has 0 radical (unpaired) electrons. The normalized spacial score (nSPS) is 10.9. The standard InChI is InChI=1S/C24H23N3O/c1-2-19-12-14-21(15-13-19)25-24(28)17-27-18-26(16-20-8-4-3-5-9-20)22-10-6-7-11-23(22)27/h3-15,18H,2,16-17H2,1H3/p+1. The molecular weight excluding hydrogens is 346 g/mol. The average molecular weight is 370 g/mol. The molecule has 0 aliphatic carbocycles. The fourth-order valence-electron chi connectivity index (χ4n) is 3.45. The van der Waals surface area contributed by atoms with Gasteiger partial charge in [-0.15, -0.1) is 0 Å². The third kappa shape index (κ3) is 3.96. The Hall–Kier alpha value is -3.40. The Morgan fingerprint density at radius 1 is 0.893 bits per heavy atom. The Morgan fingerprint density at radius 3 is 2.36 bits per heavy atom. The highest BCUT2D eigenvalue weighted by molar-refractivity contribution is 5.91. The number of para-hydroxylation sites is 2. The number of hydrogen-bond acceptors (Lipinski definition) is 1. The topological polar surface area (TPSA) is 37.9 Å². The second kappa shape index (κ2) is 8.09. The molecule has 1 heterocycles. The van der Waals surface area contributed by atoms with Crippen LogP contribution in [0.15, 0.2) is 85.2 Å². The van der Waals surface area contributed by atoms with Gasteiger partial charge < -0.3 is 5.32 Å². The third-order valence-electron chi connectivity index (χ3n) is 4.93. The number of aryl methyl sites for hydroxylation is 1. The lowest BCUT2D eigenvalue weighted by molar-refractivity contribution is -0.663. The molecule has 4 rings (SSSR count). The molecule has 1 N–H and O–H groups in total. The Morgan fingerprint density at radius 2 is 1.61 bits per heavy atom. The van der Waals surface area contributed by atoms with Crippen molar-refractivity contribution in [2.45, 2.75) is 26.4 Å². The van der Waals surface area contributed by atoms with Crippen LogP contribution in [0.2, 0.25) is 0 Å². The number of hydrogen-bond donors (Lipinski definition) is 1. The van der Waals surface area contributed by atoms with E-state index in [1.807, 2.05) is 53.4 Å².